The SMILES string of the molecule is CCC(COCC(COCC(COCC(COCC(O)CO)OCC(O)CO)OCC(COCC(O)CO)OCC(O)CO)OCC(O)CO)(COCC(COCC(O)CO)OCC(COCC(O)CO)OCC(O)CO)COCC(COCC(O)CO)OCC(COCC(O)CO)OCC(O)CO. The summed E-state index contributed by atoms with van der Waals surface area (Å²) < 4.78 is 112. The van der Waals surface area contributed by atoms with Gasteiger partial charge in [0.2, 0.25) is 0 Å². The summed E-state index contributed by atoms with van der Waals surface area (Å²) in [6.07, 6.45) is -21.5. The number of hydrogen-bond donors (Lipinski definition) is 22. The minimum atomic E-state index is -1.37. The van der Waals surface area contributed by atoms with Crippen molar-refractivity contribution in [1.82, 2.24) is 0 Å². The monoisotopic (exact) mass is 1540 g/mol. The third-order valence-electron chi connectivity index (χ3n) is 14.3. The van der Waals surface area contributed by atoms with E-state index in [4.69, 9.17) is 90.0 Å². The van der Waals surface area contributed by atoms with Crippen LogP contribution in [0.25, 0.3) is 0 Å². The van der Waals surface area contributed by atoms with E-state index in [-0.39, 0.29) is 198 Å². The van der Waals surface area contributed by atoms with Crippen LogP contribution in [0.5, 0.6) is 0 Å². The molecular formula is C63H128O41. The molecule has 104 heavy (non-hydrogen) atoms. The van der Waals surface area contributed by atoms with E-state index < -0.39 is 201 Å². The Balaban J connectivity index is 7.43. The predicted molar refractivity (Wildman–Crippen MR) is 354 cm³/mol. The Morgan fingerprint density at radius 1 is 0.173 bits per heavy atom. The molecule has 0 saturated carbocycles. The van der Waals surface area contributed by atoms with Crippen LogP contribution in [0.4, 0.5) is 0 Å². The molecule has 0 fully saturated rings. The second kappa shape index (κ2) is 68.2. The van der Waals surface area contributed by atoms with Crippen molar-refractivity contribution in [3.63, 3.8) is 0 Å². The van der Waals surface area contributed by atoms with Gasteiger partial charge in [-0.25, -0.2) is 0 Å². The molecule has 0 aliphatic rings. The Labute approximate surface area is 606 Å². The Hall–Kier alpha value is -1.64. The lowest BCUT2D eigenvalue weighted by molar-refractivity contribution is -0.153. The van der Waals surface area contributed by atoms with Crippen molar-refractivity contribution in [2.24, 2.45) is 5.41 Å². The van der Waals surface area contributed by atoms with Gasteiger partial charge in [0.15, 0.2) is 0 Å². The smallest absolute Gasteiger partial charge is 0.104 e. The van der Waals surface area contributed by atoms with E-state index in [0.29, 0.717) is 0 Å². The molecule has 0 aromatic carbocycles. The summed E-state index contributed by atoms with van der Waals surface area (Å²) in [5, 5.41) is 214. The van der Waals surface area contributed by atoms with Crippen molar-refractivity contribution in [2.75, 3.05) is 271 Å². The highest BCUT2D eigenvalue weighted by molar-refractivity contribution is 4.80. The molecule has 0 heterocycles. The van der Waals surface area contributed by atoms with Crippen molar-refractivity contribution in [3.8, 4) is 0 Å². The molecule has 0 spiro atoms. The molecule has 41 heteroatoms. The molecule has 0 aromatic rings. The number of aliphatic hydroxyl groups is 22. The van der Waals surface area contributed by atoms with E-state index in [1.54, 1.807) is 6.92 Å². The standard InChI is InChI=1S/C63H128O41/c1-2-63(42-95-36-58(26-87-15-45(76)4-65)103-39-61(100-23-53(84)12-73)33-90-18-48(79)7-68,43-96-37-59(27-88-16-46(77)5-66)104-40-62(101-24-54(85)13-74)34-91-19-49(80)8-69)41-94-35-57(98-21-51(82)10-71)31-93-30-56(102-38-60(99-22-52(83)11-72)32-89-17-47(78)6-67)29-92-28-55(97-20-50(81)9-70)25-86-14-44(75)3-64/h44-62,64-85H,2-43H2,1H3. The number of ether oxygens (including phenoxy) is 19. The van der Waals surface area contributed by atoms with Gasteiger partial charge in [0.05, 0.1) is 271 Å². The second-order valence-electron chi connectivity index (χ2n) is 24.5. The largest absolute Gasteiger partial charge is 0.394 e. The Morgan fingerprint density at radius 3 is 0.452 bits per heavy atom. The van der Waals surface area contributed by atoms with Crippen molar-refractivity contribution in [2.45, 2.75) is 129 Å². The summed E-state index contributed by atoms with van der Waals surface area (Å²) in [4.78, 5) is 0. The minimum Gasteiger partial charge on any atom is -0.394 e. The van der Waals surface area contributed by atoms with Crippen LogP contribution in [0.2, 0.25) is 0 Å². The van der Waals surface area contributed by atoms with Crippen LogP contribution in [0.3, 0.4) is 0 Å². The quantitative estimate of drug-likeness (QED) is 0.0269. The van der Waals surface area contributed by atoms with Crippen LogP contribution in [-0.4, -0.2) is 499 Å². The minimum absolute atomic E-state index is 0.191. The highest BCUT2D eigenvalue weighted by atomic mass is 16.6. The van der Waals surface area contributed by atoms with Crippen molar-refractivity contribution < 1.29 is 202 Å². The van der Waals surface area contributed by atoms with Gasteiger partial charge in [-0.3, -0.25) is 0 Å². The van der Waals surface area contributed by atoms with Crippen LogP contribution in [-0.2, 0) is 90.0 Å². The van der Waals surface area contributed by atoms with Gasteiger partial charge in [-0.05, 0) is 6.42 Å². The lowest BCUT2D eigenvalue weighted by atomic mass is 9.88. The van der Waals surface area contributed by atoms with Gasteiger partial charge < -0.3 is 202 Å². The zero-order valence-corrected chi connectivity index (χ0v) is 59.8. The fraction of sp³-hybridized carbons (Fsp3) is 1.00. The van der Waals surface area contributed by atoms with Crippen LogP contribution in [0, 0.1) is 5.41 Å². The highest BCUT2D eigenvalue weighted by Gasteiger charge is 2.33. The first-order valence-corrected chi connectivity index (χ1v) is 34.5. The molecule has 0 aromatic heterocycles. The lowest BCUT2D eigenvalue weighted by Crippen LogP contribution is -2.42. The van der Waals surface area contributed by atoms with E-state index in [1.165, 1.54) is 0 Å². The average molecular weight is 1540 g/mol. The third kappa shape index (κ3) is 56.6. The number of hydrogen-bond acceptors (Lipinski definition) is 41. The molecule has 0 saturated heterocycles. The molecule has 0 bridgehead atoms. The zero-order chi connectivity index (χ0) is 77.6. The summed E-state index contributed by atoms with van der Waals surface area (Å²) in [6.45, 7) is -13.6. The topological polar surface area (TPSA) is 620 Å². The maximum absolute atomic E-state index is 10.5. The van der Waals surface area contributed by atoms with E-state index in [0.717, 1.165) is 0 Å². The number of rotatable bonds is 80. The summed E-state index contributed by atoms with van der Waals surface area (Å²) in [5.41, 5.74) is -1.14. The first-order valence-electron chi connectivity index (χ1n) is 34.5. The summed E-state index contributed by atoms with van der Waals surface area (Å²) in [6, 6.07) is 0. The molecule has 19 atom stereocenters. The van der Waals surface area contributed by atoms with Gasteiger partial charge in [0.25, 0.3) is 0 Å². The van der Waals surface area contributed by atoms with E-state index in [9.17, 15) is 112 Å². The van der Waals surface area contributed by atoms with Crippen molar-refractivity contribution >= 4 is 0 Å². The molecule has 0 aliphatic heterocycles. The first kappa shape index (κ1) is 102. The molecule has 19 unspecified atom stereocenters. The summed E-state index contributed by atoms with van der Waals surface area (Å²) in [7, 11) is 0. The van der Waals surface area contributed by atoms with Crippen LogP contribution >= 0.6 is 0 Å². The van der Waals surface area contributed by atoms with E-state index >= 15 is 0 Å². The molecule has 0 rings (SSSR count). The van der Waals surface area contributed by atoms with Gasteiger partial charge >= 0.3 is 0 Å². The van der Waals surface area contributed by atoms with E-state index in [1.807, 2.05) is 0 Å². The molecule has 0 aliphatic carbocycles. The molecule has 626 valence electrons. The van der Waals surface area contributed by atoms with Gasteiger partial charge in [0, 0.05) is 5.41 Å². The van der Waals surface area contributed by atoms with Crippen LogP contribution < -0.4 is 0 Å². The predicted octanol–water partition coefficient (Wildman–Crippen LogP) is -12.5. The molecule has 0 radical (unpaired) electrons. The van der Waals surface area contributed by atoms with Crippen LogP contribution in [0.15, 0.2) is 0 Å². The zero-order valence-electron chi connectivity index (χ0n) is 59.8. The molecular weight excluding hydrogens is 1410 g/mol. The van der Waals surface area contributed by atoms with Crippen molar-refractivity contribution in [1.29, 1.82) is 0 Å². The van der Waals surface area contributed by atoms with Gasteiger partial charge in [-0.2, -0.15) is 0 Å². The fourth-order valence-corrected chi connectivity index (χ4v) is 8.03. The fourth-order valence-electron chi connectivity index (χ4n) is 8.03. The molecule has 22 N–H and O–H groups in total. The van der Waals surface area contributed by atoms with Gasteiger partial charge in [-0.1, -0.05) is 6.92 Å². The van der Waals surface area contributed by atoms with Crippen molar-refractivity contribution in [3.05, 3.63) is 0 Å². The lowest BCUT2D eigenvalue weighted by Gasteiger charge is -2.34. The Kier molecular flexibility index (Phi) is 67.1. The van der Waals surface area contributed by atoms with Gasteiger partial charge in [0.1, 0.15) is 116 Å². The number of aliphatic hydroxyl groups excluding tert-OH is 22. The molecule has 0 amide bonds. The Morgan fingerprint density at radius 2 is 0.298 bits per heavy atom. The Bertz CT molecular complexity index is 1760. The average Bonchev–Trinajstić information content (AvgIpc) is 0.871. The highest BCUT2D eigenvalue weighted by Crippen LogP contribution is 2.26. The summed E-state index contributed by atoms with van der Waals surface area (Å²) >= 11 is 0. The summed E-state index contributed by atoms with van der Waals surface area (Å²) in [5.74, 6) is 0. The normalized spacial score (nSPS) is 18.5. The van der Waals surface area contributed by atoms with Gasteiger partial charge in [-0.15, -0.1) is 0 Å². The second-order valence-corrected chi connectivity index (χ2v) is 24.5. The maximum Gasteiger partial charge on any atom is 0.104 e. The molecule has 41 nitrogen and oxygen atoms in total. The maximum atomic E-state index is 10.5. The third-order valence-corrected chi connectivity index (χ3v) is 14.3. The van der Waals surface area contributed by atoms with E-state index in [2.05, 4.69) is 0 Å². The van der Waals surface area contributed by atoms with Crippen LogP contribution in [0.1, 0.15) is 13.3 Å². The first-order chi connectivity index (χ1) is 50.0.